The molecule has 2 rings (SSSR count). The van der Waals surface area contributed by atoms with Crippen molar-refractivity contribution in [2.75, 3.05) is 6.61 Å². The predicted molar refractivity (Wildman–Crippen MR) is 98.1 cm³/mol. The minimum atomic E-state index is -0.134. The van der Waals surface area contributed by atoms with Crippen LogP contribution in [-0.4, -0.2) is 29.6 Å². The summed E-state index contributed by atoms with van der Waals surface area (Å²) in [4.78, 5) is 24.0. The summed E-state index contributed by atoms with van der Waals surface area (Å²) >= 11 is 0. The smallest absolute Gasteiger partial charge is 0.306 e. The third kappa shape index (κ3) is 4.64. The van der Waals surface area contributed by atoms with Crippen LogP contribution in [0.4, 0.5) is 0 Å². The molecule has 0 heterocycles. The fourth-order valence-electron chi connectivity index (χ4n) is 4.87. The maximum Gasteiger partial charge on any atom is 0.306 e. The number of ketones is 1. The quantitative estimate of drug-likeness (QED) is 0.441. The topological polar surface area (TPSA) is 63.6 Å². The van der Waals surface area contributed by atoms with E-state index in [0.29, 0.717) is 31.6 Å². The second-order valence-electron chi connectivity index (χ2n) is 8.87. The molecule has 25 heavy (non-hydrogen) atoms. The van der Waals surface area contributed by atoms with E-state index in [2.05, 4.69) is 20.8 Å². The Kier molecular flexibility index (Phi) is 7.07. The second-order valence-corrected chi connectivity index (χ2v) is 8.87. The Balaban J connectivity index is 1.61. The van der Waals surface area contributed by atoms with Crippen LogP contribution in [0.15, 0.2) is 0 Å². The van der Waals surface area contributed by atoms with Crippen molar-refractivity contribution in [2.45, 2.75) is 97.5 Å². The van der Waals surface area contributed by atoms with Gasteiger partial charge in [-0.2, -0.15) is 0 Å². The van der Waals surface area contributed by atoms with Crippen molar-refractivity contribution < 1.29 is 19.4 Å². The molecule has 0 aromatic rings. The molecule has 3 unspecified atom stereocenters. The molecule has 1 N–H and O–H groups in total. The molecule has 2 bridgehead atoms. The van der Waals surface area contributed by atoms with Gasteiger partial charge in [0, 0.05) is 31.3 Å². The summed E-state index contributed by atoms with van der Waals surface area (Å²) in [6.07, 6.45) is 9.16. The van der Waals surface area contributed by atoms with E-state index in [9.17, 15) is 9.59 Å². The van der Waals surface area contributed by atoms with Crippen LogP contribution in [0, 0.1) is 16.7 Å². The van der Waals surface area contributed by atoms with Crippen LogP contribution in [0.5, 0.6) is 0 Å². The molecule has 0 saturated heterocycles. The van der Waals surface area contributed by atoms with Crippen molar-refractivity contribution in [3.8, 4) is 0 Å². The van der Waals surface area contributed by atoms with Gasteiger partial charge < -0.3 is 9.84 Å². The van der Waals surface area contributed by atoms with Gasteiger partial charge in [-0.05, 0) is 49.9 Å². The molecule has 0 aliphatic heterocycles. The largest absolute Gasteiger partial charge is 0.462 e. The molecule has 2 fully saturated rings. The number of aliphatic hydroxyl groups excluding tert-OH is 1. The van der Waals surface area contributed by atoms with Gasteiger partial charge in [-0.1, -0.05) is 33.6 Å². The molecular formula is C21H36O4. The minimum absolute atomic E-state index is 0.0518. The van der Waals surface area contributed by atoms with Crippen LogP contribution in [0.2, 0.25) is 0 Å². The second kappa shape index (κ2) is 8.66. The molecule has 3 atom stereocenters. The maximum absolute atomic E-state index is 12.2. The number of carbonyl (C=O) groups excluding carboxylic acids is 2. The van der Waals surface area contributed by atoms with Crippen molar-refractivity contribution >= 4 is 11.8 Å². The predicted octanol–water partition coefficient (Wildman–Crippen LogP) is 4.43. The Morgan fingerprint density at radius 1 is 1.00 bits per heavy atom. The molecule has 2 saturated carbocycles. The zero-order chi connectivity index (χ0) is 18.5. The van der Waals surface area contributed by atoms with Crippen molar-refractivity contribution in [3.05, 3.63) is 0 Å². The van der Waals surface area contributed by atoms with Crippen LogP contribution in [0.1, 0.15) is 91.4 Å². The van der Waals surface area contributed by atoms with Gasteiger partial charge in [0.15, 0.2) is 0 Å². The van der Waals surface area contributed by atoms with Crippen molar-refractivity contribution in [1.29, 1.82) is 0 Å². The standard InChI is InChI=1S/C21H36O4/c1-20(2)16-12-13-21(20,3)18(15-16)25-19(24)11-8-10-17(23)9-6-4-5-7-14-22/h16,18,22H,4-15H2,1-3H3. The molecule has 0 aromatic carbocycles. The highest BCUT2D eigenvalue weighted by atomic mass is 16.5. The van der Waals surface area contributed by atoms with E-state index in [4.69, 9.17) is 9.84 Å². The van der Waals surface area contributed by atoms with Gasteiger partial charge in [0.1, 0.15) is 11.9 Å². The first kappa shape index (κ1) is 20.4. The van der Waals surface area contributed by atoms with Crippen molar-refractivity contribution in [3.63, 3.8) is 0 Å². The molecule has 0 spiro atoms. The third-order valence-electron chi connectivity index (χ3n) is 7.19. The van der Waals surface area contributed by atoms with Crippen LogP contribution >= 0.6 is 0 Å². The van der Waals surface area contributed by atoms with Gasteiger partial charge in [0.25, 0.3) is 0 Å². The van der Waals surface area contributed by atoms with Crippen LogP contribution in [0.3, 0.4) is 0 Å². The molecule has 144 valence electrons. The third-order valence-corrected chi connectivity index (χ3v) is 7.19. The summed E-state index contributed by atoms with van der Waals surface area (Å²) in [6, 6.07) is 0. The van der Waals surface area contributed by atoms with E-state index in [1.807, 2.05) is 0 Å². The first-order valence-corrected chi connectivity index (χ1v) is 10.1. The van der Waals surface area contributed by atoms with Crippen LogP contribution in [-0.2, 0) is 14.3 Å². The molecule has 0 aromatic heterocycles. The molecule has 0 radical (unpaired) electrons. The summed E-state index contributed by atoms with van der Waals surface area (Å²) < 4.78 is 5.82. The lowest BCUT2D eigenvalue weighted by molar-refractivity contribution is -0.157. The van der Waals surface area contributed by atoms with E-state index in [1.165, 1.54) is 6.42 Å². The minimum Gasteiger partial charge on any atom is -0.462 e. The summed E-state index contributed by atoms with van der Waals surface area (Å²) in [7, 11) is 0. The Labute approximate surface area is 152 Å². The zero-order valence-electron chi connectivity index (χ0n) is 16.3. The van der Waals surface area contributed by atoms with Gasteiger partial charge in [0.2, 0.25) is 0 Å². The number of fused-ring (bicyclic) bond motifs is 2. The van der Waals surface area contributed by atoms with Gasteiger partial charge in [-0.3, -0.25) is 9.59 Å². The SMILES string of the molecule is CC1(C)C2CCC1(C)C(OC(=O)CCCC(=O)CCCCCCO)C2. The average molecular weight is 353 g/mol. The van der Waals surface area contributed by atoms with E-state index >= 15 is 0 Å². The van der Waals surface area contributed by atoms with Gasteiger partial charge >= 0.3 is 5.97 Å². The number of rotatable bonds is 11. The molecule has 4 nitrogen and oxygen atoms in total. The van der Waals surface area contributed by atoms with Crippen molar-refractivity contribution in [2.24, 2.45) is 16.7 Å². The van der Waals surface area contributed by atoms with E-state index in [1.54, 1.807) is 0 Å². The number of hydrogen-bond acceptors (Lipinski definition) is 4. The number of unbranched alkanes of at least 4 members (excludes halogenated alkanes) is 3. The Bertz CT molecular complexity index is 471. The molecule has 2 aliphatic carbocycles. The van der Waals surface area contributed by atoms with Gasteiger partial charge in [-0.15, -0.1) is 0 Å². The number of aliphatic hydroxyl groups is 1. The number of carbonyl (C=O) groups is 2. The van der Waals surface area contributed by atoms with E-state index < -0.39 is 0 Å². The number of ether oxygens (including phenoxy) is 1. The van der Waals surface area contributed by atoms with Gasteiger partial charge in [0.05, 0.1) is 0 Å². The highest BCUT2D eigenvalue weighted by Crippen LogP contribution is 2.66. The molecule has 0 amide bonds. The fraction of sp³-hybridized carbons (Fsp3) is 0.905. The first-order valence-electron chi connectivity index (χ1n) is 10.1. The highest BCUT2D eigenvalue weighted by Gasteiger charge is 2.62. The monoisotopic (exact) mass is 352 g/mol. The lowest BCUT2D eigenvalue weighted by Gasteiger charge is -2.38. The van der Waals surface area contributed by atoms with E-state index in [-0.39, 0.29) is 35.3 Å². The highest BCUT2D eigenvalue weighted by molar-refractivity contribution is 5.79. The molecule has 4 heteroatoms. The fourth-order valence-corrected chi connectivity index (χ4v) is 4.87. The number of hydrogen-bond donors (Lipinski definition) is 1. The van der Waals surface area contributed by atoms with Gasteiger partial charge in [-0.25, -0.2) is 0 Å². The number of Topliss-reactive ketones (excluding diaryl/α,β-unsaturated/α-hetero) is 1. The molecule has 2 aliphatic rings. The van der Waals surface area contributed by atoms with E-state index in [0.717, 1.165) is 38.5 Å². The van der Waals surface area contributed by atoms with Crippen LogP contribution < -0.4 is 0 Å². The Hall–Kier alpha value is -0.900. The van der Waals surface area contributed by atoms with Crippen molar-refractivity contribution in [1.82, 2.24) is 0 Å². The van der Waals surface area contributed by atoms with Crippen LogP contribution in [0.25, 0.3) is 0 Å². The first-order chi connectivity index (χ1) is 11.8. The summed E-state index contributed by atoms with van der Waals surface area (Å²) in [5.74, 6) is 0.776. The number of esters is 1. The lowest BCUT2D eigenvalue weighted by Crippen LogP contribution is -2.38. The lowest BCUT2D eigenvalue weighted by atomic mass is 9.70. The average Bonchev–Trinajstić information content (AvgIpc) is 2.88. The Morgan fingerprint density at radius 2 is 1.68 bits per heavy atom. The normalized spacial score (nSPS) is 29.8. The molecular weight excluding hydrogens is 316 g/mol. The Morgan fingerprint density at radius 3 is 2.28 bits per heavy atom. The zero-order valence-corrected chi connectivity index (χ0v) is 16.3. The summed E-state index contributed by atoms with van der Waals surface area (Å²) in [6.45, 7) is 7.14. The summed E-state index contributed by atoms with van der Waals surface area (Å²) in [5.41, 5.74) is 0.363. The maximum atomic E-state index is 12.2. The summed E-state index contributed by atoms with van der Waals surface area (Å²) in [5, 5.41) is 8.71.